The Morgan fingerprint density at radius 3 is 3.14 bits per heavy atom. The van der Waals surface area contributed by atoms with Gasteiger partial charge in [0.15, 0.2) is 11.5 Å². The van der Waals surface area contributed by atoms with E-state index in [-0.39, 0.29) is 23.4 Å². The number of nitrogens with zero attached hydrogens (tertiary/aromatic N) is 2. The number of phenolic OH excluding ortho intramolecular Hbond substituents is 1. The van der Waals surface area contributed by atoms with Gasteiger partial charge in [0.25, 0.3) is 5.91 Å². The smallest absolute Gasteiger partial charge is 0.257 e. The lowest BCUT2D eigenvalue weighted by atomic mass is 10.0. The second-order valence-corrected chi connectivity index (χ2v) is 5.39. The predicted octanol–water partition coefficient (Wildman–Crippen LogP) is 2.28. The maximum atomic E-state index is 12.9. The quantitative estimate of drug-likeness (QED) is 0.876. The van der Waals surface area contributed by atoms with Crippen molar-refractivity contribution in [3.63, 3.8) is 0 Å². The maximum Gasteiger partial charge on any atom is 0.257 e. The first-order chi connectivity index (χ1) is 10.7. The van der Waals surface area contributed by atoms with Crippen LogP contribution in [0.25, 0.3) is 0 Å². The number of carbonyl (C=O) groups excluding carboxylic acids is 1. The lowest BCUT2D eigenvalue weighted by Crippen LogP contribution is -2.44. The van der Waals surface area contributed by atoms with Crippen molar-refractivity contribution in [1.82, 2.24) is 4.90 Å². The van der Waals surface area contributed by atoms with Gasteiger partial charge in [-0.15, -0.1) is 0 Å². The van der Waals surface area contributed by atoms with Crippen LogP contribution in [0.15, 0.2) is 33.9 Å². The van der Waals surface area contributed by atoms with E-state index in [1.54, 1.807) is 17.4 Å². The van der Waals surface area contributed by atoms with Gasteiger partial charge < -0.3 is 19.2 Å². The molecule has 0 saturated heterocycles. The highest BCUT2D eigenvalue weighted by molar-refractivity contribution is 6.03. The van der Waals surface area contributed by atoms with Gasteiger partial charge in [0.05, 0.1) is 37.2 Å². The van der Waals surface area contributed by atoms with E-state index in [0.29, 0.717) is 24.2 Å². The molecular weight excluding hydrogens is 284 g/mol. The van der Waals surface area contributed by atoms with Crippen molar-refractivity contribution < 1.29 is 19.1 Å². The number of phenols is 1. The highest BCUT2D eigenvalue weighted by Crippen LogP contribution is 2.37. The molecule has 112 valence electrons. The van der Waals surface area contributed by atoms with Crippen molar-refractivity contribution in [3.8, 4) is 11.5 Å². The molecule has 0 radical (unpaired) electrons. The number of amides is 1. The Balaban J connectivity index is 1.81. The third kappa shape index (κ3) is 1.80. The Labute approximate surface area is 126 Å². The zero-order valence-corrected chi connectivity index (χ0v) is 11.9. The molecule has 2 aromatic rings. The molecule has 0 spiro atoms. The molecule has 1 aromatic heterocycles. The van der Waals surface area contributed by atoms with Crippen LogP contribution in [0.2, 0.25) is 0 Å². The summed E-state index contributed by atoms with van der Waals surface area (Å²) in [4.78, 5) is 19.0. The van der Waals surface area contributed by atoms with Gasteiger partial charge in [-0.2, -0.15) is 0 Å². The summed E-state index contributed by atoms with van der Waals surface area (Å²) in [5.74, 6) is 1.01. The van der Waals surface area contributed by atoms with Gasteiger partial charge in [-0.1, -0.05) is 0 Å². The Kier molecular flexibility index (Phi) is 2.72. The summed E-state index contributed by atoms with van der Waals surface area (Å²) in [5, 5.41) is 9.87. The molecule has 3 heterocycles. The number of aliphatic imine (C=N–C) groups is 1. The predicted molar refractivity (Wildman–Crippen MR) is 78.9 cm³/mol. The lowest BCUT2D eigenvalue weighted by Gasteiger charge is -2.31. The van der Waals surface area contributed by atoms with Gasteiger partial charge in [-0.25, -0.2) is 0 Å². The van der Waals surface area contributed by atoms with Crippen LogP contribution in [0.4, 0.5) is 5.69 Å². The van der Waals surface area contributed by atoms with Gasteiger partial charge >= 0.3 is 0 Å². The summed E-state index contributed by atoms with van der Waals surface area (Å²) in [6.07, 6.45) is 3.99. The van der Waals surface area contributed by atoms with Crippen molar-refractivity contribution in [2.45, 2.75) is 19.0 Å². The van der Waals surface area contributed by atoms with Crippen molar-refractivity contribution in [2.24, 2.45) is 4.99 Å². The number of hydrogen-bond donors (Lipinski definition) is 1. The molecule has 22 heavy (non-hydrogen) atoms. The van der Waals surface area contributed by atoms with Crippen molar-refractivity contribution in [2.75, 3.05) is 7.11 Å². The molecule has 0 unspecified atom stereocenters. The topological polar surface area (TPSA) is 75.3 Å². The van der Waals surface area contributed by atoms with Crippen LogP contribution >= 0.6 is 0 Å². The number of ether oxygens (including phenoxy) is 1. The van der Waals surface area contributed by atoms with Crippen LogP contribution in [0.5, 0.6) is 11.5 Å². The van der Waals surface area contributed by atoms with E-state index in [9.17, 15) is 9.90 Å². The summed E-state index contributed by atoms with van der Waals surface area (Å²) < 4.78 is 10.5. The highest BCUT2D eigenvalue weighted by Gasteiger charge is 2.34. The van der Waals surface area contributed by atoms with Crippen molar-refractivity contribution >= 4 is 17.8 Å². The fourth-order valence-electron chi connectivity index (χ4n) is 2.96. The molecule has 0 bridgehead atoms. The zero-order chi connectivity index (χ0) is 15.3. The normalized spacial score (nSPS) is 19.2. The molecule has 6 heteroatoms. The summed E-state index contributed by atoms with van der Waals surface area (Å²) in [7, 11) is 1.45. The molecule has 1 N–H and O–H groups in total. The Bertz CT molecular complexity index is 793. The molecule has 6 nitrogen and oxygen atoms in total. The number of fused-ring (bicyclic) bond motifs is 3. The summed E-state index contributed by atoms with van der Waals surface area (Å²) in [6.45, 7) is 0.490. The monoisotopic (exact) mass is 298 g/mol. The standard InChI is InChI=1S/C16H14N2O4/c1-21-15-5-11-12(6-13(15)19)17-7-10-4-14-9(2-3-22-14)8-18(10)16(11)20/h2-3,5-7,10,19H,4,8H2,1H3/t10-/m0/s1. The SMILES string of the molecule is COc1cc2c(cc1O)N=C[C@@H]1Cc3occc3CN1C2=O. The number of rotatable bonds is 1. The van der Waals surface area contributed by atoms with Gasteiger partial charge in [-0.3, -0.25) is 9.79 Å². The fourth-order valence-corrected chi connectivity index (χ4v) is 2.96. The van der Waals surface area contributed by atoms with Crippen LogP contribution in [0.3, 0.4) is 0 Å². The molecule has 4 rings (SSSR count). The number of methoxy groups -OCH3 is 1. The first-order valence-corrected chi connectivity index (χ1v) is 6.99. The average Bonchev–Trinajstić information content (AvgIpc) is 2.93. The molecule has 0 saturated carbocycles. The van der Waals surface area contributed by atoms with Crippen LogP contribution < -0.4 is 4.74 Å². The first kappa shape index (κ1) is 12.9. The Morgan fingerprint density at radius 1 is 1.45 bits per heavy atom. The summed E-state index contributed by atoms with van der Waals surface area (Å²) >= 11 is 0. The van der Waals surface area contributed by atoms with Crippen LogP contribution in [-0.2, 0) is 13.0 Å². The van der Waals surface area contributed by atoms with Gasteiger partial charge in [0, 0.05) is 24.3 Å². The number of carbonyl (C=O) groups is 1. The number of aromatic hydroxyl groups is 1. The molecular formula is C16H14N2O4. The summed E-state index contributed by atoms with van der Waals surface area (Å²) in [6, 6.07) is 4.74. The van der Waals surface area contributed by atoms with Crippen LogP contribution in [0.1, 0.15) is 21.7 Å². The number of benzene rings is 1. The molecule has 2 aliphatic heterocycles. The Hall–Kier alpha value is -2.76. The first-order valence-electron chi connectivity index (χ1n) is 6.99. The molecule has 1 atom stereocenters. The largest absolute Gasteiger partial charge is 0.504 e. The second kappa shape index (κ2) is 4.62. The van der Waals surface area contributed by atoms with Gasteiger partial charge in [0.2, 0.25) is 0 Å². The molecule has 0 fully saturated rings. The minimum absolute atomic E-state index is 0.0297. The van der Waals surface area contributed by atoms with E-state index in [1.165, 1.54) is 19.2 Å². The second-order valence-electron chi connectivity index (χ2n) is 5.39. The zero-order valence-electron chi connectivity index (χ0n) is 11.9. The van der Waals surface area contributed by atoms with E-state index < -0.39 is 0 Å². The highest BCUT2D eigenvalue weighted by atomic mass is 16.5. The third-order valence-corrected chi connectivity index (χ3v) is 4.15. The van der Waals surface area contributed by atoms with Gasteiger partial charge in [-0.05, 0) is 12.1 Å². The maximum absolute atomic E-state index is 12.9. The third-order valence-electron chi connectivity index (χ3n) is 4.15. The van der Waals surface area contributed by atoms with Crippen LogP contribution in [0, 0.1) is 0 Å². The van der Waals surface area contributed by atoms with Crippen molar-refractivity contribution in [3.05, 3.63) is 41.3 Å². The number of furan rings is 1. The Morgan fingerprint density at radius 2 is 2.32 bits per heavy atom. The van der Waals surface area contributed by atoms with E-state index in [1.807, 2.05) is 6.07 Å². The van der Waals surface area contributed by atoms with Gasteiger partial charge in [0.1, 0.15) is 5.76 Å². The lowest BCUT2D eigenvalue weighted by molar-refractivity contribution is 0.0697. The van der Waals surface area contributed by atoms with E-state index in [4.69, 9.17) is 9.15 Å². The molecule has 1 amide bonds. The average molecular weight is 298 g/mol. The minimum Gasteiger partial charge on any atom is -0.504 e. The van der Waals surface area contributed by atoms with E-state index in [2.05, 4.69) is 4.99 Å². The molecule has 1 aromatic carbocycles. The summed E-state index contributed by atoms with van der Waals surface area (Å²) in [5.41, 5.74) is 1.90. The fraction of sp³-hybridized carbons (Fsp3) is 0.250. The van der Waals surface area contributed by atoms with E-state index >= 15 is 0 Å². The van der Waals surface area contributed by atoms with E-state index in [0.717, 1.165) is 11.3 Å². The molecule has 0 aliphatic carbocycles. The van der Waals surface area contributed by atoms with Crippen LogP contribution in [-0.4, -0.2) is 35.3 Å². The number of hydrogen-bond acceptors (Lipinski definition) is 5. The van der Waals surface area contributed by atoms with Crippen molar-refractivity contribution in [1.29, 1.82) is 0 Å². The molecule has 2 aliphatic rings. The minimum atomic E-state index is -0.147.